The highest BCUT2D eigenvalue weighted by atomic mass is 32.2. The molecule has 0 aromatic heterocycles. The molecule has 2 aliphatic heterocycles. The average molecular weight is 403 g/mol. The summed E-state index contributed by atoms with van der Waals surface area (Å²) in [6.07, 6.45) is 0. The highest BCUT2D eigenvalue weighted by molar-refractivity contribution is 8.15. The van der Waals surface area contributed by atoms with E-state index in [1.54, 1.807) is 18.9 Å². The molecule has 5 nitrogen and oxygen atoms in total. The molecular formula is C20H22N2O3S2. The van der Waals surface area contributed by atoms with Gasteiger partial charge in [0.25, 0.3) is 0 Å². The molecule has 0 amide bonds. The van der Waals surface area contributed by atoms with Crippen molar-refractivity contribution in [2.24, 2.45) is 4.99 Å². The minimum Gasteiger partial charge on any atom is -0.497 e. The summed E-state index contributed by atoms with van der Waals surface area (Å²) < 4.78 is 29.2. The molecule has 2 aromatic carbocycles. The van der Waals surface area contributed by atoms with Crippen molar-refractivity contribution in [3.05, 3.63) is 59.7 Å². The van der Waals surface area contributed by atoms with E-state index in [0.29, 0.717) is 6.54 Å². The van der Waals surface area contributed by atoms with Gasteiger partial charge in [0.15, 0.2) is 15.0 Å². The highest BCUT2D eigenvalue weighted by Crippen LogP contribution is 2.37. The molecule has 0 spiro atoms. The Balaban J connectivity index is 1.67. The molecule has 27 heavy (non-hydrogen) atoms. The second-order valence-electron chi connectivity index (χ2n) is 6.99. The van der Waals surface area contributed by atoms with Crippen LogP contribution in [0.2, 0.25) is 0 Å². The van der Waals surface area contributed by atoms with E-state index in [0.717, 1.165) is 16.6 Å². The number of hydrogen-bond acceptors (Lipinski definition) is 6. The molecule has 0 aliphatic carbocycles. The minimum atomic E-state index is -2.96. The number of methoxy groups -OCH3 is 1. The van der Waals surface area contributed by atoms with Crippen molar-refractivity contribution in [2.75, 3.05) is 23.5 Å². The van der Waals surface area contributed by atoms with Gasteiger partial charge >= 0.3 is 0 Å². The van der Waals surface area contributed by atoms with E-state index in [1.165, 1.54) is 11.1 Å². The van der Waals surface area contributed by atoms with E-state index in [-0.39, 0.29) is 22.8 Å². The second kappa shape index (κ2) is 7.20. The third-order valence-corrected chi connectivity index (χ3v) is 8.11. The number of sulfone groups is 1. The number of nitrogens with zero attached hydrogens (tertiary/aromatic N) is 2. The summed E-state index contributed by atoms with van der Waals surface area (Å²) in [4.78, 5) is 6.93. The van der Waals surface area contributed by atoms with Gasteiger partial charge in [-0.15, -0.1) is 0 Å². The van der Waals surface area contributed by atoms with Crippen molar-refractivity contribution in [3.8, 4) is 5.75 Å². The monoisotopic (exact) mass is 402 g/mol. The lowest BCUT2D eigenvalue weighted by molar-refractivity contribution is 0.415. The molecule has 2 atom stereocenters. The SMILES string of the molecule is COc1cccc(N(Cc2ccc(C)cc2)C2=N[C@H]3CS(=O)(=O)C[C@H]3S2)c1. The summed E-state index contributed by atoms with van der Waals surface area (Å²) in [7, 11) is -1.31. The summed E-state index contributed by atoms with van der Waals surface area (Å²) in [6, 6.07) is 16.2. The number of aliphatic imine (C=N–C) groups is 1. The van der Waals surface area contributed by atoms with Crippen LogP contribution >= 0.6 is 11.8 Å². The van der Waals surface area contributed by atoms with E-state index in [2.05, 4.69) is 36.1 Å². The number of ether oxygens (including phenoxy) is 1. The molecule has 142 valence electrons. The Kier molecular flexibility index (Phi) is 4.90. The number of rotatable bonds is 4. The predicted octanol–water partition coefficient (Wildman–Crippen LogP) is 3.28. The van der Waals surface area contributed by atoms with Crippen LogP contribution in [-0.2, 0) is 16.4 Å². The summed E-state index contributed by atoms with van der Waals surface area (Å²) in [6.45, 7) is 2.74. The fourth-order valence-electron chi connectivity index (χ4n) is 3.39. The zero-order valence-corrected chi connectivity index (χ0v) is 17.0. The molecule has 2 aromatic rings. The molecule has 2 aliphatic rings. The van der Waals surface area contributed by atoms with E-state index in [1.807, 2.05) is 24.3 Å². The predicted molar refractivity (Wildman–Crippen MR) is 112 cm³/mol. The molecule has 0 saturated carbocycles. The van der Waals surface area contributed by atoms with Crippen LogP contribution in [0.15, 0.2) is 53.5 Å². The van der Waals surface area contributed by atoms with E-state index in [9.17, 15) is 8.42 Å². The second-order valence-corrected chi connectivity index (χ2v) is 10.3. The van der Waals surface area contributed by atoms with Crippen LogP contribution in [0.25, 0.3) is 0 Å². The maximum atomic E-state index is 11.9. The Bertz CT molecular complexity index is 971. The first-order valence-corrected chi connectivity index (χ1v) is 11.6. The maximum Gasteiger partial charge on any atom is 0.164 e. The molecule has 7 heteroatoms. The van der Waals surface area contributed by atoms with Gasteiger partial charge < -0.3 is 9.64 Å². The van der Waals surface area contributed by atoms with Gasteiger partial charge in [-0.25, -0.2) is 8.42 Å². The summed E-state index contributed by atoms with van der Waals surface area (Å²) in [5.41, 5.74) is 3.39. The topological polar surface area (TPSA) is 59.0 Å². The number of aryl methyl sites for hydroxylation is 1. The van der Waals surface area contributed by atoms with E-state index >= 15 is 0 Å². The molecule has 1 fully saturated rings. The average Bonchev–Trinajstić information content (AvgIpc) is 3.14. The number of hydrogen-bond donors (Lipinski definition) is 0. The fraction of sp³-hybridized carbons (Fsp3) is 0.350. The molecule has 0 N–H and O–H groups in total. The first-order chi connectivity index (χ1) is 12.9. The van der Waals surface area contributed by atoms with Crippen LogP contribution < -0.4 is 9.64 Å². The van der Waals surface area contributed by atoms with Crippen molar-refractivity contribution < 1.29 is 13.2 Å². The number of thioether (sulfide) groups is 1. The Morgan fingerprint density at radius 2 is 1.96 bits per heavy atom. The number of fused-ring (bicyclic) bond motifs is 1. The molecule has 4 rings (SSSR count). The van der Waals surface area contributed by atoms with Gasteiger partial charge in [0.05, 0.1) is 31.2 Å². The van der Waals surface area contributed by atoms with Gasteiger partial charge in [0.1, 0.15) is 5.75 Å². The first-order valence-electron chi connectivity index (χ1n) is 8.85. The van der Waals surface area contributed by atoms with Crippen LogP contribution in [0, 0.1) is 6.92 Å². The van der Waals surface area contributed by atoms with Gasteiger partial charge in [-0.2, -0.15) is 0 Å². The van der Waals surface area contributed by atoms with Crippen molar-refractivity contribution in [3.63, 3.8) is 0 Å². The number of anilines is 1. The summed E-state index contributed by atoms with van der Waals surface area (Å²) >= 11 is 1.58. The summed E-state index contributed by atoms with van der Waals surface area (Å²) in [5, 5.41) is 0.907. The van der Waals surface area contributed by atoms with Gasteiger partial charge in [0, 0.05) is 17.0 Å². The molecule has 0 unspecified atom stereocenters. The first kappa shape index (κ1) is 18.4. The third-order valence-electron chi connectivity index (χ3n) is 4.86. The van der Waals surface area contributed by atoms with Crippen LogP contribution in [-0.4, -0.2) is 43.5 Å². The Morgan fingerprint density at radius 3 is 2.67 bits per heavy atom. The highest BCUT2D eigenvalue weighted by Gasteiger charge is 2.44. The fourth-order valence-corrected chi connectivity index (χ4v) is 7.18. The van der Waals surface area contributed by atoms with Crippen molar-refractivity contribution in [1.82, 2.24) is 0 Å². The lowest BCUT2D eigenvalue weighted by atomic mass is 10.1. The van der Waals surface area contributed by atoms with Crippen molar-refractivity contribution in [2.45, 2.75) is 24.8 Å². The molecule has 1 saturated heterocycles. The van der Waals surface area contributed by atoms with Gasteiger partial charge in [0.2, 0.25) is 0 Å². The van der Waals surface area contributed by atoms with Crippen LogP contribution in [0.4, 0.5) is 5.69 Å². The van der Waals surface area contributed by atoms with Crippen LogP contribution in [0.5, 0.6) is 5.75 Å². The Labute approximate surface area is 164 Å². The van der Waals surface area contributed by atoms with Crippen molar-refractivity contribution in [1.29, 1.82) is 0 Å². The maximum absolute atomic E-state index is 11.9. The molecule has 0 bridgehead atoms. The number of amidine groups is 1. The normalized spacial score (nSPS) is 23.0. The Hall–Kier alpha value is -1.99. The lowest BCUT2D eigenvalue weighted by Crippen LogP contribution is -2.28. The van der Waals surface area contributed by atoms with Gasteiger partial charge in [-0.05, 0) is 24.6 Å². The largest absolute Gasteiger partial charge is 0.497 e. The zero-order chi connectivity index (χ0) is 19.0. The van der Waals surface area contributed by atoms with Crippen LogP contribution in [0.3, 0.4) is 0 Å². The van der Waals surface area contributed by atoms with Gasteiger partial charge in [-0.3, -0.25) is 4.99 Å². The lowest BCUT2D eigenvalue weighted by Gasteiger charge is -2.25. The number of benzene rings is 2. The van der Waals surface area contributed by atoms with Crippen molar-refractivity contribution >= 4 is 32.5 Å². The molecular weight excluding hydrogens is 380 g/mol. The standard InChI is InChI=1S/C20H22N2O3S2/c1-14-6-8-15(9-7-14)11-22(16-4-3-5-17(10-16)25-2)20-21-18-12-27(23,24)13-19(18)26-20/h3-10,18-19H,11-13H2,1-2H3/t18-,19+/m0/s1. The zero-order valence-electron chi connectivity index (χ0n) is 15.3. The van der Waals surface area contributed by atoms with E-state index < -0.39 is 9.84 Å². The van der Waals surface area contributed by atoms with E-state index in [4.69, 9.17) is 9.73 Å². The smallest absolute Gasteiger partial charge is 0.164 e. The summed E-state index contributed by atoms with van der Waals surface area (Å²) in [5.74, 6) is 1.16. The quantitative estimate of drug-likeness (QED) is 0.786. The van der Waals surface area contributed by atoms with Gasteiger partial charge in [-0.1, -0.05) is 47.7 Å². The van der Waals surface area contributed by atoms with Crippen LogP contribution in [0.1, 0.15) is 11.1 Å². The Morgan fingerprint density at radius 1 is 1.19 bits per heavy atom. The third kappa shape index (κ3) is 3.99. The molecule has 2 heterocycles. The molecule has 0 radical (unpaired) electrons. The minimum absolute atomic E-state index is 0.0242.